The first-order valence-electron chi connectivity index (χ1n) is 5.00. The van der Waals surface area contributed by atoms with Crippen LogP contribution >= 0.6 is 0 Å². The number of hydrogen-bond acceptors (Lipinski definition) is 3. The molecule has 0 saturated heterocycles. The van der Waals surface area contributed by atoms with E-state index >= 15 is 0 Å². The van der Waals surface area contributed by atoms with Gasteiger partial charge in [-0.2, -0.15) is 5.26 Å². The lowest BCUT2D eigenvalue weighted by Gasteiger charge is -2.23. The Bertz CT molecular complexity index is 357. The van der Waals surface area contributed by atoms with Crippen molar-refractivity contribution in [2.45, 2.75) is 6.92 Å². The lowest BCUT2D eigenvalue weighted by Crippen LogP contribution is -2.26. The summed E-state index contributed by atoms with van der Waals surface area (Å²) in [5.41, 5.74) is 1.59. The summed E-state index contributed by atoms with van der Waals surface area (Å²) in [6, 6.07) is 9.65. The Hall–Kier alpha value is -1.53. The molecule has 1 aromatic carbocycles. The van der Waals surface area contributed by atoms with Gasteiger partial charge >= 0.3 is 0 Å². The summed E-state index contributed by atoms with van der Waals surface area (Å²) >= 11 is 0. The second-order valence-corrected chi connectivity index (χ2v) is 3.80. The maximum atomic E-state index is 8.97. The Morgan fingerprint density at radius 3 is 2.73 bits per heavy atom. The predicted octanol–water partition coefficient (Wildman–Crippen LogP) is 1.62. The van der Waals surface area contributed by atoms with Crippen LogP contribution in [0.3, 0.4) is 0 Å². The molecule has 1 aromatic rings. The lowest BCUT2D eigenvalue weighted by atomic mass is 10.1. The second-order valence-electron chi connectivity index (χ2n) is 3.80. The molecule has 0 radical (unpaired) electrons. The Morgan fingerprint density at radius 2 is 2.13 bits per heavy atom. The standard InChI is InChI=1S/C12H16N2O/c1-10(9-15)8-14(2)12-6-4-3-5-11(12)7-13/h3-6,10,15H,8-9H2,1-2H3. The minimum absolute atomic E-state index is 0.166. The van der Waals surface area contributed by atoms with Crippen molar-refractivity contribution >= 4 is 5.69 Å². The molecule has 0 heterocycles. The monoisotopic (exact) mass is 204 g/mol. The molecular weight excluding hydrogens is 188 g/mol. The van der Waals surface area contributed by atoms with Crippen LogP contribution < -0.4 is 4.90 Å². The van der Waals surface area contributed by atoms with Crippen LogP contribution in [-0.2, 0) is 0 Å². The fraction of sp³-hybridized carbons (Fsp3) is 0.417. The third-order valence-corrected chi connectivity index (χ3v) is 2.33. The average Bonchev–Trinajstić information content (AvgIpc) is 2.28. The topological polar surface area (TPSA) is 47.3 Å². The van der Waals surface area contributed by atoms with Crippen LogP contribution in [-0.4, -0.2) is 25.3 Å². The van der Waals surface area contributed by atoms with Crippen molar-refractivity contribution in [3.8, 4) is 6.07 Å². The third kappa shape index (κ3) is 2.97. The number of nitriles is 1. The van der Waals surface area contributed by atoms with Crippen LogP contribution in [0.5, 0.6) is 0 Å². The normalized spacial score (nSPS) is 11.9. The zero-order chi connectivity index (χ0) is 11.3. The Labute approximate surface area is 90.6 Å². The minimum Gasteiger partial charge on any atom is -0.396 e. The molecule has 0 fully saturated rings. The Morgan fingerprint density at radius 1 is 1.47 bits per heavy atom. The molecular formula is C12H16N2O. The van der Waals surface area contributed by atoms with Gasteiger partial charge in [-0.1, -0.05) is 19.1 Å². The van der Waals surface area contributed by atoms with E-state index in [0.717, 1.165) is 12.2 Å². The molecule has 0 aliphatic rings. The van der Waals surface area contributed by atoms with Crippen LogP contribution in [0.2, 0.25) is 0 Å². The zero-order valence-corrected chi connectivity index (χ0v) is 9.14. The molecule has 0 spiro atoms. The van der Waals surface area contributed by atoms with Crippen molar-refractivity contribution in [2.24, 2.45) is 5.92 Å². The number of aliphatic hydroxyl groups is 1. The van der Waals surface area contributed by atoms with Gasteiger partial charge in [0.15, 0.2) is 0 Å². The fourth-order valence-corrected chi connectivity index (χ4v) is 1.52. The highest BCUT2D eigenvalue weighted by Gasteiger charge is 2.09. The summed E-state index contributed by atoms with van der Waals surface area (Å²) < 4.78 is 0. The molecule has 0 aromatic heterocycles. The van der Waals surface area contributed by atoms with Crippen LogP contribution in [0, 0.1) is 17.2 Å². The third-order valence-electron chi connectivity index (χ3n) is 2.33. The van der Waals surface area contributed by atoms with E-state index in [1.807, 2.05) is 37.1 Å². The molecule has 80 valence electrons. The van der Waals surface area contributed by atoms with Crippen molar-refractivity contribution < 1.29 is 5.11 Å². The molecule has 3 heteroatoms. The summed E-state index contributed by atoms with van der Waals surface area (Å²) in [6.07, 6.45) is 0. The van der Waals surface area contributed by atoms with Crippen molar-refractivity contribution in [2.75, 3.05) is 25.1 Å². The summed E-state index contributed by atoms with van der Waals surface area (Å²) in [4.78, 5) is 2.00. The van der Waals surface area contributed by atoms with E-state index in [9.17, 15) is 0 Å². The number of hydrogen-bond donors (Lipinski definition) is 1. The highest BCUT2D eigenvalue weighted by molar-refractivity contribution is 5.58. The molecule has 0 aliphatic carbocycles. The van der Waals surface area contributed by atoms with Crippen molar-refractivity contribution in [3.05, 3.63) is 29.8 Å². The molecule has 1 rings (SSSR count). The van der Waals surface area contributed by atoms with E-state index in [4.69, 9.17) is 10.4 Å². The van der Waals surface area contributed by atoms with Gasteiger partial charge in [-0.25, -0.2) is 0 Å². The maximum absolute atomic E-state index is 8.97. The van der Waals surface area contributed by atoms with E-state index in [-0.39, 0.29) is 12.5 Å². The zero-order valence-electron chi connectivity index (χ0n) is 9.14. The van der Waals surface area contributed by atoms with Crippen LogP contribution in [0.4, 0.5) is 5.69 Å². The highest BCUT2D eigenvalue weighted by Crippen LogP contribution is 2.18. The Balaban J connectivity index is 2.82. The van der Waals surface area contributed by atoms with Gasteiger partial charge in [-0.15, -0.1) is 0 Å². The van der Waals surface area contributed by atoms with E-state index in [1.165, 1.54) is 0 Å². The van der Waals surface area contributed by atoms with Gasteiger partial charge in [0.25, 0.3) is 0 Å². The molecule has 0 bridgehead atoms. The van der Waals surface area contributed by atoms with Gasteiger partial charge in [-0.05, 0) is 18.1 Å². The van der Waals surface area contributed by atoms with Crippen LogP contribution in [0.1, 0.15) is 12.5 Å². The molecule has 1 atom stereocenters. The predicted molar refractivity (Wildman–Crippen MR) is 60.7 cm³/mol. The number of anilines is 1. The van der Waals surface area contributed by atoms with Gasteiger partial charge in [0.1, 0.15) is 6.07 Å². The van der Waals surface area contributed by atoms with E-state index in [2.05, 4.69) is 6.07 Å². The molecule has 1 N–H and O–H groups in total. The summed E-state index contributed by atoms with van der Waals surface area (Å²) in [5.74, 6) is 0.210. The highest BCUT2D eigenvalue weighted by atomic mass is 16.3. The first kappa shape index (κ1) is 11.5. The van der Waals surface area contributed by atoms with Gasteiger partial charge < -0.3 is 10.0 Å². The molecule has 15 heavy (non-hydrogen) atoms. The fourth-order valence-electron chi connectivity index (χ4n) is 1.52. The largest absolute Gasteiger partial charge is 0.396 e. The molecule has 0 amide bonds. The molecule has 1 unspecified atom stereocenters. The van der Waals surface area contributed by atoms with E-state index in [1.54, 1.807) is 6.07 Å². The SMILES string of the molecule is CC(CO)CN(C)c1ccccc1C#N. The number of rotatable bonds is 4. The minimum atomic E-state index is 0.166. The van der Waals surface area contributed by atoms with Crippen molar-refractivity contribution in [1.29, 1.82) is 5.26 Å². The molecule has 0 aliphatic heterocycles. The van der Waals surface area contributed by atoms with Crippen LogP contribution in [0.15, 0.2) is 24.3 Å². The average molecular weight is 204 g/mol. The van der Waals surface area contributed by atoms with Crippen LogP contribution in [0.25, 0.3) is 0 Å². The number of para-hydroxylation sites is 1. The summed E-state index contributed by atoms with van der Waals surface area (Å²) in [7, 11) is 1.93. The number of aliphatic hydroxyl groups excluding tert-OH is 1. The maximum Gasteiger partial charge on any atom is 0.101 e. The number of benzene rings is 1. The number of nitrogens with zero attached hydrogens (tertiary/aromatic N) is 2. The van der Waals surface area contributed by atoms with Gasteiger partial charge in [-0.3, -0.25) is 0 Å². The first-order chi connectivity index (χ1) is 7.19. The molecule has 0 saturated carbocycles. The summed E-state index contributed by atoms with van der Waals surface area (Å²) in [5, 5.41) is 17.9. The summed E-state index contributed by atoms with van der Waals surface area (Å²) in [6.45, 7) is 2.89. The van der Waals surface area contributed by atoms with E-state index < -0.39 is 0 Å². The van der Waals surface area contributed by atoms with Crippen molar-refractivity contribution in [1.82, 2.24) is 0 Å². The second kappa shape index (κ2) is 5.38. The Kier molecular flexibility index (Phi) is 4.14. The first-order valence-corrected chi connectivity index (χ1v) is 5.00. The van der Waals surface area contributed by atoms with Gasteiger partial charge in [0.2, 0.25) is 0 Å². The molecule has 3 nitrogen and oxygen atoms in total. The smallest absolute Gasteiger partial charge is 0.101 e. The quantitative estimate of drug-likeness (QED) is 0.810. The van der Waals surface area contributed by atoms with E-state index in [0.29, 0.717) is 5.56 Å². The van der Waals surface area contributed by atoms with Gasteiger partial charge in [0.05, 0.1) is 11.3 Å². The van der Waals surface area contributed by atoms with Gasteiger partial charge in [0, 0.05) is 20.2 Å². The van der Waals surface area contributed by atoms with Crippen molar-refractivity contribution in [3.63, 3.8) is 0 Å². The lowest BCUT2D eigenvalue weighted by molar-refractivity contribution is 0.240.